The average Bonchev–Trinajstić information content (AvgIpc) is 3.10. The molecule has 2 aromatic carbocycles. The summed E-state index contributed by atoms with van der Waals surface area (Å²) in [4.78, 5) is 26.5. The third kappa shape index (κ3) is 3.87. The van der Waals surface area contributed by atoms with Crippen molar-refractivity contribution in [1.82, 2.24) is 0 Å². The van der Waals surface area contributed by atoms with Gasteiger partial charge in [0.25, 0.3) is 0 Å². The lowest BCUT2D eigenvalue weighted by atomic mass is 9.71. The molecule has 0 aromatic heterocycles. The molecule has 0 spiro atoms. The van der Waals surface area contributed by atoms with Gasteiger partial charge in [0.15, 0.2) is 0 Å². The number of nitrogens with two attached hydrogens (primary N) is 2. The number of carboxylic acid groups (broad SMARTS) is 1. The molecule has 2 aromatic rings. The fourth-order valence-corrected chi connectivity index (χ4v) is 4.44. The number of aliphatic carboxylic acids is 1. The van der Waals surface area contributed by atoms with Crippen molar-refractivity contribution in [3.8, 4) is 0 Å². The van der Waals surface area contributed by atoms with Gasteiger partial charge >= 0.3 is 5.97 Å². The van der Waals surface area contributed by atoms with E-state index in [2.05, 4.69) is 11.0 Å². The van der Waals surface area contributed by atoms with Crippen LogP contribution in [0.4, 0.5) is 5.69 Å². The van der Waals surface area contributed by atoms with E-state index >= 15 is 0 Å². The molecular weight excluding hydrogens is 354 g/mol. The maximum atomic E-state index is 12.7. The van der Waals surface area contributed by atoms with E-state index in [9.17, 15) is 14.7 Å². The van der Waals surface area contributed by atoms with Crippen molar-refractivity contribution in [3.05, 3.63) is 65.7 Å². The van der Waals surface area contributed by atoms with Crippen LogP contribution in [-0.4, -0.2) is 29.6 Å². The summed E-state index contributed by atoms with van der Waals surface area (Å²) in [5.74, 6) is -2.47. The van der Waals surface area contributed by atoms with Gasteiger partial charge in [0, 0.05) is 18.3 Å². The van der Waals surface area contributed by atoms with Gasteiger partial charge in [-0.1, -0.05) is 42.5 Å². The molecule has 3 rings (SSSR count). The van der Waals surface area contributed by atoms with E-state index in [1.807, 2.05) is 31.2 Å². The maximum Gasteiger partial charge on any atom is 0.305 e. The first kappa shape index (κ1) is 19.9. The van der Waals surface area contributed by atoms with Gasteiger partial charge in [-0.3, -0.25) is 9.59 Å². The number of aryl methyl sites for hydroxylation is 1. The highest BCUT2D eigenvalue weighted by Gasteiger charge is 2.49. The molecule has 6 heteroatoms. The van der Waals surface area contributed by atoms with Gasteiger partial charge in [0.05, 0.1) is 17.9 Å². The summed E-state index contributed by atoms with van der Waals surface area (Å²) in [5, 5.41) is 9.56. The highest BCUT2D eigenvalue weighted by Crippen LogP contribution is 2.40. The molecular formula is C22H27N3O3. The molecule has 148 valence electrons. The normalized spacial score (nSPS) is 19.8. The van der Waals surface area contributed by atoms with Crippen LogP contribution in [0, 0.1) is 12.8 Å². The van der Waals surface area contributed by atoms with Gasteiger partial charge in [0.1, 0.15) is 0 Å². The first-order valence-electron chi connectivity index (χ1n) is 9.52. The number of amides is 1. The molecule has 3 unspecified atom stereocenters. The van der Waals surface area contributed by atoms with Gasteiger partial charge in [-0.25, -0.2) is 0 Å². The first-order chi connectivity index (χ1) is 13.3. The van der Waals surface area contributed by atoms with Crippen molar-refractivity contribution in [2.75, 3.05) is 11.4 Å². The zero-order valence-electron chi connectivity index (χ0n) is 16.0. The number of primary amides is 1. The van der Waals surface area contributed by atoms with Gasteiger partial charge in [-0.15, -0.1) is 0 Å². The van der Waals surface area contributed by atoms with E-state index in [0.29, 0.717) is 5.56 Å². The SMILES string of the molecule is Cc1cccc(N2CCCC2C(C(N)=O)C(N)(CC(=O)O)c2ccccc2)c1. The Hall–Kier alpha value is -2.86. The summed E-state index contributed by atoms with van der Waals surface area (Å²) in [6, 6.07) is 16.8. The number of rotatable bonds is 7. The van der Waals surface area contributed by atoms with Crippen LogP contribution in [0.15, 0.2) is 54.6 Å². The lowest BCUT2D eigenvalue weighted by molar-refractivity contribution is -0.140. The van der Waals surface area contributed by atoms with Gasteiger partial charge in [-0.2, -0.15) is 0 Å². The average molecular weight is 381 g/mol. The molecule has 1 heterocycles. The number of hydrogen-bond donors (Lipinski definition) is 3. The van der Waals surface area contributed by atoms with Crippen molar-refractivity contribution >= 4 is 17.6 Å². The van der Waals surface area contributed by atoms with Crippen LogP contribution in [0.2, 0.25) is 0 Å². The van der Waals surface area contributed by atoms with Crippen molar-refractivity contribution in [1.29, 1.82) is 0 Å². The molecule has 0 bridgehead atoms. The molecule has 1 aliphatic heterocycles. The zero-order chi connectivity index (χ0) is 20.3. The third-order valence-corrected chi connectivity index (χ3v) is 5.63. The van der Waals surface area contributed by atoms with Gasteiger partial charge < -0.3 is 21.5 Å². The van der Waals surface area contributed by atoms with E-state index in [-0.39, 0.29) is 12.5 Å². The Kier molecular flexibility index (Phi) is 5.70. The molecule has 0 saturated carbocycles. The van der Waals surface area contributed by atoms with E-state index < -0.39 is 23.3 Å². The van der Waals surface area contributed by atoms with Crippen molar-refractivity contribution in [2.24, 2.45) is 17.4 Å². The van der Waals surface area contributed by atoms with Crippen LogP contribution in [-0.2, 0) is 15.1 Å². The minimum atomic E-state index is -1.39. The Morgan fingerprint density at radius 2 is 1.93 bits per heavy atom. The van der Waals surface area contributed by atoms with E-state index in [1.54, 1.807) is 24.3 Å². The highest BCUT2D eigenvalue weighted by molar-refractivity contribution is 5.82. The largest absolute Gasteiger partial charge is 0.481 e. The Morgan fingerprint density at radius 3 is 2.54 bits per heavy atom. The standard InChI is InChI=1S/C22H27N3O3/c1-15-7-5-10-17(13-15)25-12-6-11-18(25)20(21(23)28)22(24,14-19(26)27)16-8-3-2-4-9-16/h2-5,7-10,13,18,20H,6,11-12,14,24H2,1H3,(H2,23,28)(H,26,27). The molecule has 5 N–H and O–H groups in total. The molecule has 1 aliphatic rings. The maximum absolute atomic E-state index is 12.7. The van der Waals surface area contributed by atoms with Crippen LogP contribution in [0.25, 0.3) is 0 Å². The lowest BCUT2D eigenvalue weighted by Crippen LogP contribution is -2.58. The minimum Gasteiger partial charge on any atom is -0.481 e. The second-order valence-electron chi connectivity index (χ2n) is 7.60. The molecule has 6 nitrogen and oxygen atoms in total. The van der Waals surface area contributed by atoms with E-state index in [1.165, 1.54) is 0 Å². The van der Waals surface area contributed by atoms with Crippen molar-refractivity contribution < 1.29 is 14.7 Å². The van der Waals surface area contributed by atoms with Crippen LogP contribution in [0.1, 0.15) is 30.4 Å². The van der Waals surface area contributed by atoms with Crippen LogP contribution >= 0.6 is 0 Å². The number of carbonyl (C=O) groups is 2. The predicted molar refractivity (Wildman–Crippen MR) is 109 cm³/mol. The number of carbonyl (C=O) groups excluding carboxylic acids is 1. The van der Waals surface area contributed by atoms with Crippen molar-refractivity contribution in [2.45, 2.75) is 37.8 Å². The van der Waals surface area contributed by atoms with Crippen LogP contribution in [0.5, 0.6) is 0 Å². The summed E-state index contributed by atoms with van der Waals surface area (Å²) in [5.41, 5.74) is 13.9. The Bertz CT molecular complexity index is 855. The topological polar surface area (TPSA) is 110 Å². The Labute approximate surface area is 165 Å². The molecule has 0 aliphatic carbocycles. The number of nitrogens with zero attached hydrogens (tertiary/aromatic N) is 1. The number of carboxylic acids is 1. The van der Waals surface area contributed by atoms with E-state index in [4.69, 9.17) is 11.5 Å². The van der Waals surface area contributed by atoms with Crippen molar-refractivity contribution in [3.63, 3.8) is 0 Å². The lowest BCUT2D eigenvalue weighted by Gasteiger charge is -2.42. The van der Waals surface area contributed by atoms with Gasteiger partial charge in [0.2, 0.25) is 5.91 Å². The second kappa shape index (κ2) is 8.02. The van der Waals surface area contributed by atoms with Crippen LogP contribution in [0.3, 0.4) is 0 Å². The third-order valence-electron chi connectivity index (χ3n) is 5.63. The monoisotopic (exact) mass is 381 g/mol. The summed E-state index contributed by atoms with van der Waals surface area (Å²) in [7, 11) is 0. The Morgan fingerprint density at radius 1 is 1.21 bits per heavy atom. The summed E-state index contributed by atoms with van der Waals surface area (Å²) in [6.07, 6.45) is 1.25. The smallest absolute Gasteiger partial charge is 0.305 e. The highest BCUT2D eigenvalue weighted by atomic mass is 16.4. The summed E-state index contributed by atoms with van der Waals surface area (Å²) < 4.78 is 0. The molecule has 1 saturated heterocycles. The second-order valence-corrected chi connectivity index (χ2v) is 7.60. The molecule has 1 amide bonds. The fourth-order valence-electron chi connectivity index (χ4n) is 4.44. The van der Waals surface area contributed by atoms with Gasteiger partial charge in [-0.05, 0) is 43.0 Å². The predicted octanol–water partition coefficient (Wildman–Crippen LogP) is 2.39. The Balaban J connectivity index is 2.07. The zero-order valence-corrected chi connectivity index (χ0v) is 16.0. The fraction of sp³-hybridized carbons (Fsp3) is 0.364. The number of anilines is 1. The first-order valence-corrected chi connectivity index (χ1v) is 9.52. The quantitative estimate of drug-likeness (QED) is 0.682. The summed E-state index contributed by atoms with van der Waals surface area (Å²) >= 11 is 0. The molecule has 0 radical (unpaired) electrons. The molecule has 28 heavy (non-hydrogen) atoms. The number of benzene rings is 2. The number of hydrogen-bond acceptors (Lipinski definition) is 4. The molecule has 1 fully saturated rings. The van der Waals surface area contributed by atoms with E-state index in [0.717, 1.165) is 30.6 Å². The summed E-state index contributed by atoms with van der Waals surface area (Å²) in [6.45, 7) is 2.79. The minimum absolute atomic E-state index is 0.260. The molecule has 3 atom stereocenters. The van der Waals surface area contributed by atoms with Crippen LogP contribution < -0.4 is 16.4 Å².